The van der Waals surface area contributed by atoms with Gasteiger partial charge in [0.15, 0.2) is 11.5 Å². The number of amides is 1. The molecule has 0 N–H and O–H groups in total. The number of benzene rings is 2. The molecule has 0 aromatic heterocycles. The quantitative estimate of drug-likeness (QED) is 0.575. The van der Waals surface area contributed by atoms with Gasteiger partial charge in [0.25, 0.3) is 0 Å². The number of piperazine rings is 1. The van der Waals surface area contributed by atoms with Crippen molar-refractivity contribution in [3.05, 3.63) is 77.6 Å². The summed E-state index contributed by atoms with van der Waals surface area (Å²) in [6.45, 7) is 4.03. The Labute approximate surface area is 169 Å². The second kappa shape index (κ2) is 8.92. The maximum atomic E-state index is 13.0. The van der Waals surface area contributed by atoms with Gasteiger partial charge in [0.2, 0.25) is 12.7 Å². The summed E-state index contributed by atoms with van der Waals surface area (Å²) in [5.41, 5.74) is 2.07. The van der Waals surface area contributed by atoms with Crippen LogP contribution < -0.4 is 9.47 Å². The normalized spacial score (nSPS) is 16.8. The van der Waals surface area contributed by atoms with Crippen LogP contribution in [0.1, 0.15) is 11.1 Å². The van der Waals surface area contributed by atoms with E-state index in [1.807, 2.05) is 47.4 Å². The van der Waals surface area contributed by atoms with Crippen LogP contribution in [0, 0.1) is 5.82 Å². The molecule has 0 radical (unpaired) electrons. The first kappa shape index (κ1) is 19.2. The van der Waals surface area contributed by atoms with Crippen molar-refractivity contribution in [3.63, 3.8) is 0 Å². The zero-order valence-electron chi connectivity index (χ0n) is 16.1. The molecule has 1 amide bonds. The van der Waals surface area contributed by atoms with Crippen molar-refractivity contribution in [3.8, 4) is 11.5 Å². The van der Waals surface area contributed by atoms with Gasteiger partial charge in [-0.2, -0.15) is 0 Å². The number of nitrogens with zero attached hydrogens (tertiary/aromatic N) is 2. The number of halogens is 1. The minimum Gasteiger partial charge on any atom is -0.454 e. The van der Waals surface area contributed by atoms with Crippen LogP contribution in [0.5, 0.6) is 11.5 Å². The molecular formula is C23H23FN2O3. The molecule has 6 heteroatoms. The molecule has 2 aromatic rings. The van der Waals surface area contributed by atoms with Crippen LogP contribution in [0.25, 0.3) is 6.08 Å². The van der Waals surface area contributed by atoms with E-state index in [0.717, 1.165) is 42.3 Å². The highest BCUT2D eigenvalue weighted by atomic mass is 19.1. The van der Waals surface area contributed by atoms with Gasteiger partial charge < -0.3 is 14.4 Å². The molecule has 0 unspecified atom stereocenters. The van der Waals surface area contributed by atoms with Gasteiger partial charge in [0.05, 0.1) is 0 Å². The molecule has 1 fully saturated rings. The van der Waals surface area contributed by atoms with Crippen molar-refractivity contribution in [2.75, 3.05) is 33.0 Å². The largest absolute Gasteiger partial charge is 0.454 e. The lowest BCUT2D eigenvalue weighted by molar-refractivity contribution is -0.127. The van der Waals surface area contributed by atoms with Crippen molar-refractivity contribution in [2.24, 2.45) is 0 Å². The van der Waals surface area contributed by atoms with Gasteiger partial charge in [-0.15, -0.1) is 0 Å². The third-order valence-corrected chi connectivity index (χ3v) is 5.04. The van der Waals surface area contributed by atoms with Gasteiger partial charge in [-0.1, -0.05) is 36.4 Å². The topological polar surface area (TPSA) is 42.0 Å². The molecule has 0 aliphatic carbocycles. The summed E-state index contributed by atoms with van der Waals surface area (Å²) in [5.74, 6) is 1.29. The van der Waals surface area contributed by atoms with E-state index >= 15 is 0 Å². The van der Waals surface area contributed by atoms with E-state index in [1.165, 1.54) is 12.1 Å². The highest BCUT2D eigenvalue weighted by Crippen LogP contribution is 2.32. The van der Waals surface area contributed by atoms with E-state index in [0.29, 0.717) is 13.1 Å². The summed E-state index contributed by atoms with van der Waals surface area (Å²) in [6.07, 6.45) is 7.13. The average Bonchev–Trinajstić information content (AvgIpc) is 3.21. The van der Waals surface area contributed by atoms with Crippen LogP contribution in [-0.2, 0) is 11.3 Å². The van der Waals surface area contributed by atoms with E-state index in [4.69, 9.17) is 9.47 Å². The molecule has 1 saturated heterocycles. The van der Waals surface area contributed by atoms with Crippen LogP contribution in [-0.4, -0.2) is 48.7 Å². The third-order valence-electron chi connectivity index (χ3n) is 5.04. The van der Waals surface area contributed by atoms with E-state index in [9.17, 15) is 9.18 Å². The van der Waals surface area contributed by atoms with Gasteiger partial charge in [0, 0.05) is 38.8 Å². The minimum absolute atomic E-state index is 0.0155. The smallest absolute Gasteiger partial charge is 0.246 e. The Kier molecular flexibility index (Phi) is 5.91. The lowest BCUT2D eigenvalue weighted by atomic mass is 10.2. The van der Waals surface area contributed by atoms with Crippen LogP contribution in [0.15, 0.2) is 60.7 Å². The first-order valence-corrected chi connectivity index (χ1v) is 9.67. The molecule has 4 rings (SSSR count). The number of hydrogen-bond acceptors (Lipinski definition) is 4. The zero-order chi connectivity index (χ0) is 20.1. The Hall–Kier alpha value is -3.12. The molecule has 0 bridgehead atoms. The number of fused-ring (bicyclic) bond motifs is 1. The van der Waals surface area contributed by atoms with E-state index in [2.05, 4.69) is 4.90 Å². The van der Waals surface area contributed by atoms with Crippen LogP contribution in [0.2, 0.25) is 0 Å². The Morgan fingerprint density at radius 3 is 2.52 bits per heavy atom. The maximum absolute atomic E-state index is 13.0. The number of carbonyl (C=O) groups excluding carboxylic acids is 1. The molecule has 0 atom stereocenters. The SMILES string of the molecule is O=C(/C=C/C=C/c1ccc2c(c1)OCO2)N1CCN(Cc2ccc(F)cc2)CC1. The van der Waals surface area contributed by atoms with Crippen LogP contribution in [0.3, 0.4) is 0 Å². The van der Waals surface area contributed by atoms with E-state index in [-0.39, 0.29) is 18.5 Å². The minimum atomic E-state index is -0.219. The van der Waals surface area contributed by atoms with Crippen molar-refractivity contribution < 1.29 is 18.7 Å². The van der Waals surface area contributed by atoms with Crippen LogP contribution in [0.4, 0.5) is 4.39 Å². The average molecular weight is 394 g/mol. The summed E-state index contributed by atoms with van der Waals surface area (Å²) in [7, 11) is 0. The fourth-order valence-corrected chi connectivity index (χ4v) is 3.40. The van der Waals surface area contributed by atoms with Gasteiger partial charge >= 0.3 is 0 Å². The number of allylic oxidation sites excluding steroid dienone is 2. The highest BCUT2D eigenvalue weighted by molar-refractivity contribution is 5.88. The Morgan fingerprint density at radius 2 is 1.72 bits per heavy atom. The summed E-state index contributed by atoms with van der Waals surface area (Å²) < 4.78 is 23.7. The number of carbonyl (C=O) groups is 1. The Bertz CT molecular complexity index is 916. The molecule has 2 aliphatic rings. The predicted molar refractivity (Wildman–Crippen MR) is 109 cm³/mol. The lowest BCUT2D eigenvalue weighted by Gasteiger charge is -2.34. The second-order valence-electron chi connectivity index (χ2n) is 7.06. The Balaban J connectivity index is 1.23. The standard InChI is InChI=1S/C23H23FN2O3/c24-20-8-5-19(6-9-20)16-25-11-13-26(14-12-25)23(27)4-2-1-3-18-7-10-21-22(15-18)29-17-28-21/h1-10,15H,11-14,16-17H2/b3-1+,4-2+. The molecule has 5 nitrogen and oxygen atoms in total. The van der Waals surface area contributed by atoms with Gasteiger partial charge in [-0.3, -0.25) is 9.69 Å². The molecule has 0 spiro atoms. The monoisotopic (exact) mass is 394 g/mol. The summed E-state index contributed by atoms with van der Waals surface area (Å²) in [5, 5.41) is 0. The van der Waals surface area contributed by atoms with Crippen molar-refractivity contribution in [1.29, 1.82) is 0 Å². The maximum Gasteiger partial charge on any atom is 0.246 e. The van der Waals surface area contributed by atoms with E-state index in [1.54, 1.807) is 12.2 Å². The molecule has 2 aromatic carbocycles. The summed E-state index contributed by atoms with van der Waals surface area (Å²) in [6, 6.07) is 12.3. The van der Waals surface area contributed by atoms with Crippen molar-refractivity contribution >= 4 is 12.0 Å². The fraction of sp³-hybridized carbons (Fsp3) is 0.261. The van der Waals surface area contributed by atoms with Crippen molar-refractivity contribution in [2.45, 2.75) is 6.54 Å². The molecule has 2 aliphatic heterocycles. The highest BCUT2D eigenvalue weighted by Gasteiger charge is 2.19. The molecule has 2 heterocycles. The molecule has 29 heavy (non-hydrogen) atoms. The lowest BCUT2D eigenvalue weighted by Crippen LogP contribution is -2.47. The van der Waals surface area contributed by atoms with Crippen LogP contribution >= 0.6 is 0 Å². The number of ether oxygens (including phenoxy) is 2. The summed E-state index contributed by atoms with van der Waals surface area (Å²) in [4.78, 5) is 16.5. The predicted octanol–water partition coefficient (Wildman–Crippen LogP) is 3.47. The van der Waals surface area contributed by atoms with E-state index < -0.39 is 0 Å². The Morgan fingerprint density at radius 1 is 0.966 bits per heavy atom. The molecular weight excluding hydrogens is 371 g/mol. The molecule has 0 saturated carbocycles. The first-order valence-electron chi connectivity index (χ1n) is 9.67. The second-order valence-corrected chi connectivity index (χ2v) is 7.06. The van der Waals surface area contributed by atoms with Crippen molar-refractivity contribution in [1.82, 2.24) is 9.80 Å². The zero-order valence-corrected chi connectivity index (χ0v) is 16.1. The van der Waals surface area contributed by atoms with Gasteiger partial charge in [-0.25, -0.2) is 4.39 Å². The first-order chi connectivity index (χ1) is 14.2. The molecule has 150 valence electrons. The number of rotatable bonds is 5. The van der Waals surface area contributed by atoms with Gasteiger partial charge in [0.1, 0.15) is 5.82 Å². The third kappa shape index (κ3) is 5.03. The summed E-state index contributed by atoms with van der Waals surface area (Å²) >= 11 is 0. The number of hydrogen-bond donors (Lipinski definition) is 0. The fourth-order valence-electron chi connectivity index (χ4n) is 3.40. The van der Waals surface area contributed by atoms with Gasteiger partial charge in [-0.05, 0) is 35.4 Å².